The molecule has 0 saturated heterocycles. The van der Waals surface area contributed by atoms with E-state index in [1.54, 1.807) is 20.8 Å². The third-order valence-electron chi connectivity index (χ3n) is 6.67. The summed E-state index contributed by atoms with van der Waals surface area (Å²) in [5.74, 6) is -0.503. The lowest BCUT2D eigenvalue weighted by Crippen LogP contribution is -2.39. The molecule has 194 valence electrons. The molecule has 1 aliphatic rings. The maximum absolute atomic E-state index is 13.1. The predicted molar refractivity (Wildman–Crippen MR) is 134 cm³/mol. The summed E-state index contributed by atoms with van der Waals surface area (Å²) in [6.45, 7) is 7.18. The third-order valence-corrected chi connectivity index (χ3v) is 6.67. The average Bonchev–Trinajstić information content (AvgIpc) is 2.77. The van der Waals surface area contributed by atoms with E-state index in [0.29, 0.717) is 23.1 Å². The molecule has 1 saturated carbocycles. The first-order valence-electron chi connectivity index (χ1n) is 11.9. The van der Waals surface area contributed by atoms with E-state index in [0.717, 1.165) is 30.5 Å². The molecule has 11 nitrogen and oxygen atoms in total. The van der Waals surface area contributed by atoms with E-state index in [4.69, 9.17) is 10.5 Å². The summed E-state index contributed by atoms with van der Waals surface area (Å²) in [6, 6.07) is 4.25. The number of nitrogens with zero attached hydrogens (tertiary/aromatic N) is 1. The summed E-state index contributed by atoms with van der Waals surface area (Å²) < 4.78 is 5.15. The van der Waals surface area contributed by atoms with Gasteiger partial charge in [0.05, 0.1) is 4.92 Å². The molecule has 1 fully saturated rings. The summed E-state index contributed by atoms with van der Waals surface area (Å²) in [4.78, 5) is 50.3. The molecular formula is C25H33N5O6. The number of hydrogen-bond acceptors (Lipinski definition) is 7. The Balaban J connectivity index is 1.82. The van der Waals surface area contributed by atoms with Crippen LogP contribution in [0.5, 0.6) is 0 Å². The highest BCUT2D eigenvalue weighted by Gasteiger charge is 2.27. The van der Waals surface area contributed by atoms with Gasteiger partial charge >= 0.3 is 6.09 Å². The Hall–Kier alpha value is -3.73. The zero-order valence-electron chi connectivity index (χ0n) is 21.0. The van der Waals surface area contributed by atoms with E-state index >= 15 is 0 Å². The number of ether oxygens (including phenoxy) is 1. The summed E-state index contributed by atoms with van der Waals surface area (Å²) >= 11 is 0. The van der Waals surface area contributed by atoms with Crippen LogP contribution in [0.15, 0.2) is 23.0 Å². The molecule has 1 aromatic carbocycles. The number of nitro groups is 1. The van der Waals surface area contributed by atoms with Gasteiger partial charge in [0.1, 0.15) is 6.10 Å². The largest absolute Gasteiger partial charge is 0.446 e. The smallest absolute Gasteiger partial charge is 0.404 e. The number of aromatic nitrogens is 1. The number of non-ortho nitro benzene ring substituents is 1. The van der Waals surface area contributed by atoms with Crippen molar-refractivity contribution in [1.29, 1.82) is 0 Å². The third kappa shape index (κ3) is 6.48. The van der Waals surface area contributed by atoms with Gasteiger partial charge in [0, 0.05) is 47.6 Å². The Kier molecular flexibility index (Phi) is 8.46. The molecule has 0 bridgehead atoms. The van der Waals surface area contributed by atoms with Crippen LogP contribution in [0.4, 0.5) is 10.5 Å². The normalized spacial score (nSPS) is 18.3. The minimum atomic E-state index is -0.804. The lowest BCUT2D eigenvalue weighted by Gasteiger charge is -2.32. The molecular weight excluding hydrogens is 466 g/mol. The maximum Gasteiger partial charge on any atom is 0.404 e. The minimum absolute atomic E-state index is 0.00508. The second-order valence-corrected chi connectivity index (χ2v) is 9.40. The van der Waals surface area contributed by atoms with E-state index in [1.807, 2.05) is 13.0 Å². The number of aromatic amines is 1. The van der Waals surface area contributed by atoms with Crippen LogP contribution >= 0.6 is 0 Å². The zero-order chi connectivity index (χ0) is 26.6. The van der Waals surface area contributed by atoms with Crippen LogP contribution < -0.4 is 21.9 Å². The second kappa shape index (κ2) is 11.3. The van der Waals surface area contributed by atoms with Crippen LogP contribution in [0, 0.1) is 30.9 Å². The molecule has 2 aromatic rings. The highest BCUT2D eigenvalue weighted by molar-refractivity contribution is 5.96. The Bertz CT molecular complexity index is 1220. The van der Waals surface area contributed by atoms with Crippen LogP contribution in [0.1, 0.15) is 77.0 Å². The Labute approximate surface area is 209 Å². The fourth-order valence-electron chi connectivity index (χ4n) is 4.89. The maximum atomic E-state index is 13.1. The summed E-state index contributed by atoms with van der Waals surface area (Å²) in [7, 11) is 0. The molecule has 5 N–H and O–H groups in total. The zero-order valence-corrected chi connectivity index (χ0v) is 21.0. The summed E-state index contributed by atoms with van der Waals surface area (Å²) in [5.41, 5.74) is 7.97. The molecule has 0 radical (unpaired) electrons. The van der Waals surface area contributed by atoms with E-state index in [-0.39, 0.29) is 41.5 Å². The number of amides is 2. The van der Waals surface area contributed by atoms with Crippen LogP contribution in [0.2, 0.25) is 0 Å². The monoisotopic (exact) mass is 499 g/mol. The number of nitrogens with two attached hydrogens (primary N) is 1. The highest BCUT2D eigenvalue weighted by atomic mass is 16.6. The molecule has 36 heavy (non-hydrogen) atoms. The van der Waals surface area contributed by atoms with Gasteiger partial charge in [-0.1, -0.05) is 0 Å². The first kappa shape index (κ1) is 26.9. The molecule has 3 atom stereocenters. The molecule has 3 unspecified atom stereocenters. The molecule has 3 rings (SSSR count). The number of carbonyl (C=O) groups is 2. The van der Waals surface area contributed by atoms with E-state index in [1.165, 1.54) is 12.1 Å². The quantitative estimate of drug-likeness (QED) is 0.319. The van der Waals surface area contributed by atoms with Crippen molar-refractivity contribution in [2.75, 3.05) is 0 Å². The van der Waals surface area contributed by atoms with Crippen molar-refractivity contribution in [3.05, 3.63) is 72.2 Å². The number of aryl methyl sites for hydroxylation is 2. The van der Waals surface area contributed by atoms with Crippen LogP contribution in [-0.4, -0.2) is 34.1 Å². The van der Waals surface area contributed by atoms with E-state index in [2.05, 4.69) is 15.6 Å². The van der Waals surface area contributed by atoms with Gasteiger partial charge in [0.2, 0.25) is 0 Å². The van der Waals surface area contributed by atoms with Gasteiger partial charge in [0.15, 0.2) is 0 Å². The predicted octanol–water partition coefficient (Wildman–Crippen LogP) is 3.20. The number of H-pyrrole nitrogens is 1. The van der Waals surface area contributed by atoms with Crippen LogP contribution in [-0.2, 0) is 11.3 Å². The van der Waals surface area contributed by atoms with Crippen molar-refractivity contribution in [2.24, 2.45) is 5.73 Å². The Morgan fingerprint density at radius 3 is 2.61 bits per heavy atom. The Morgan fingerprint density at radius 1 is 1.25 bits per heavy atom. The van der Waals surface area contributed by atoms with Crippen molar-refractivity contribution >= 4 is 17.7 Å². The number of rotatable bonds is 8. The Morgan fingerprint density at radius 2 is 1.97 bits per heavy atom. The van der Waals surface area contributed by atoms with Gasteiger partial charge in [-0.3, -0.25) is 19.7 Å². The topological polar surface area (TPSA) is 169 Å². The van der Waals surface area contributed by atoms with Crippen molar-refractivity contribution in [3.63, 3.8) is 0 Å². The fourth-order valence-corrected chi connectivity index (χ4v) is 4.89. The summed E-state index contributed by atoms with van der Waals surface area (Å²) in [5, 5.41) is 17.8. The fraction of sp³-hybridized carbons (Fsp3) is 0.480. The van der Waals surface area contributed by atoms with E-state index in [9.17, 15) is 24.5 Å². The SMILES string of the molecule is Cc1cc(C)c(CNC(=O)c2cc([N+](=O)[O-])cc(C(C)NC3CCCC(OC(N)=O)C3)c2C)c(=O)[nH]1. The molecule has 1 aliphatic carbocycles. The number of pyridine rings is 1. The number of hydrogen-bond donors (Lipinski definition) is 4. The van der Waals surface area contributed by atoms with Crippen molar-refractivity contribution in [3.8, 4) is 0 Å². The van der Waals surface area contributed by atoms with Gasteiger partial charge in [-0.2, -0.15) is 0 Å². The van der Waals surface area contributed by atoms with Gasteiger partial charge in [-0.05, 0) is 76.1 Å². The van der Waals surface area contributed by atoms with Gasteiger partial charge in [0.25, 0.3) is 17.2 Å². The minimum Gasteiger partial charge on any atom is -0.446 e. The molecule has 0 aliphatic heterocycles. The van der Waals surface area contributed by atoms with Gasteiger partial charge in [-0.25, -0.2) is 4.79 Å². The average molecular weight is 500 g/mol. The highest BCUT2D eigenvalue weighted by Crippen LogP contribution is 2.29. The molecule has 2 amide bonds. The van der Waals surface area contributed by atoms with E-state index < -0.39 is 16.9 Å². The van der Waals surface area contributed by atoms with Crippen molar-refractivity contribution in [1.82, 2.24) is 15.6 Å². The first-order valence-corrected chi connectivity index (χ1v) is 11.9. The number of primary amides is 1. The molecule has 0 spiro atoms. The number of nitro benzene ring substituents is 1. The molecule has 1 heterocycles. The van der Waals surface area contributed by atoms with Crippen LogP contribution in [0.25, 0.3) is 0 Å². The van der Waals surface area contributed by atoms with Gasteiger partial charge < -0.3 is 26.1 Å². The molecule has 1 aromatic heterocycles. The number of carbonyl (C=O) groups excluding carboxylic acids is 2. The van der Waals surface area contributed by atoms with Crippen molar-refractivity contribution < 1.29 is 19.2 Å². The lowest BCUT2D eigenvalue weighted by molar-refractivity contribution is -0.385. The lowest BCUT2D eigenvalue weighted by atomic mass is 9.90. The molecule has 11 heteroatoms. The number of nitrogens with one attached hydrogen (secondary N) is 3. The number of benzene rings is 1. The summed E-state index contributed by atoms with van der Waals surface area (Å²) in [6.07, 6.45) is 1.94. The standard InChI is InChI=1S/C25H33N5O6/c1-13-8-14(2)28-24(32)22(13)12-27-23(31)21-11-18(30(34)35)10-20(15(21)3)16(4)29-17-6-5-7-19(9-17)36-25(26)33/h8,10-11,16-17,19,29H,5-7,9,12H2,1-4H3,(H2,26,33)(H,27,31)(H,28,32). The second-order valence-electron chi connectivity index (χ2n) is 9.40. The first-order chi connectivity index (χ1) is 17.0. The van der Waals surface area contributed by atoms with Crippen molar-refractivity contribution in [2.45, 2.75) is 78.1 Å². The van der Waals surface area contributed by atoms with Crippen LogP contribution in [0.3, 0.4) is 0 Å². The van der Waals surface area contributed by atoms with Gasteiger partial charge in [-0.15, -0.1) is 0 Å².